The van der Waals surface area contributed by atoms with E-state index in [2.05, 4.69) is 31.0 Å². The van der Waals surface area contributed by atoms with Crippen LogP contribution in [0.25, 0.3) is 0 Å². The van der Waals surface area contributed by atoms with E-state index < -0.39 is 0 Å². The number of nitrogens with zero attached hydrogens (tertiary/aromatic N) is 1. The van der Waals surface area contributed by atoms with Gasteiger partial charge in [-0.05, 0) is 38.0 Å². The molecule has 0 fully saturated rings. The SMILES string of the molecule is CCCC(C)N1Cc2c(C#CCNCCOCCOCCOCCOCC)cccc2C1=O. The summed E-state index contributed by atoms with van der Waals surface area (Å²) in [5.41, 5.74) is 2.80. The fraction of sp³-hybridized carbons (Fsp3) is 0.654. The van der Waals surface area contributed by atoms with E-state index in [4.69, 9.17) is 18.9 Å². The Labute approximate surface area is 199 Å². The zero-order valence-corrected chi connectivity index (χ0v) is 20.5. The second-order valence-corrected chi connectivity index (χ2v) is 7.92. The van der Waals surface area contributed by atoms with Crippen LogP contribution in [0.2, 0.25) is 0 Å². The summed E-state index contributed by atoms with van der Waals surface area (Å²) in [4.78, 5) is 14.7. The highest BCUT2D eigenvalue weighted by Crippen LogP contribution is 2.28. The van der Waals surface area contributed by atoms with Crippen molar-refractivity contribution >= 4 is 5.91 Å². The third kappa shape index (κ3) is 9.83. The van der Waals surface area contributed by atoms with Gasteiger partial charge in [0.05, 0.1) is 52.8 Å². The molecule has 1 unspecified atom stereocenters. The highest BCUT2D eigenvalue weighted by Gasteiger charge is 2.31. The topological polar surface area (TPSA) is 69.3 Å². The molecule has 0 aromatic heterocycles. The van der Waals surface area contributed by atoms with E-state index in [1.54, 1.807) is 0 Å². The molecule has 1 atom stereocenters. The zero-order valence-electron chi connectivity index (χ0n) is 20.5. The van der Waals surface area contributed by atoms with Crippen LogP contribution < -0.4 is 5.32 Å². The van der Waals surface area contributed by atoms with E-state index in [0.29, 0.717) is 65.9 Å². The van der Waals surface area contributed by atoms with Gasteiger partial charge < -0.3 is 29.2 Å². The third-order valence-electron chi connectivity index (χ3n) is 5.41. The Morgan fingerprint density at radius 2 is 1.67 bits per heavy atom. The molecule has 0 spiro atoms. The van der Waals surface area contributed by atoms with Crippen LogP contribution in [-0.4, -0.2) is 82.8 Å². The second kappa shape index (κ2) is 16.6. The first-order valence-electron chi connectivity index (χ1n) is 12.1. The van der Waals surface area contributed by atoms with Gasteiger partial charge in [0.25, 0.3) is 5.91 Å². The van der Waals surface area contributed by atoms with Crippen LogP contribution in [0.1, 0.15) is 55.1 Å². The fourth-order valence-electron chi connectivity index (χ4n) is 3.64. The van der Waals surface area contributed by atoms with Crippen LogP contribution in [0.5, 0.6) is 0 Å². The van der Waals surface area contributed by atoms with Gasteiger partial charge >= 0.3 is 0 Å². The van der Waals surface area contributed by atoms with Crippen molar-refractivity contribution in [1.29, 1.82) is 0 Å². The van der Waals surface area contributed by atoms with Gasteiger partial charge in [-0.2, -0.15) is 0 Å². The summed E-state index contributed by atoms with van der Waals surface area (Å²) < 4.78 is 21.6. The predicted octanol–water partition coefficient (Wildman–Crippen LogP) is 2.86. The summed E-state index contributed by atoms with van der Waals surface area (Å²) in [6.07, 6.45) is 2.09. The van der Waals surface area contributed by atoms with E-state index in [1.807, 2.05) is 30.0 Å². The maximum atomic E-state index is 12.7. The molecule has 1 aliphatic rings. The molecule has 0 radical (unpaired) electrons. The van der Waals surface area contributed by atoms with E-state index in [1.165, 1.54) is 0 Å². The van der Waals surface area contributed by atoms with Crippen molar-refractivity contribution in [2.45, 2.75) is 46.2 Å². The second-order valence-electron chi connectivity index (χ2n) is 7.92. The molecule has 1 amide bonds. The molecule has 184 valence electrons. The van der Waals surface area contributed by atoms with Gasteiger partial charge in [-0.1, -0.05) is 31.3 Å². The summed E-state index contributed by atoms with van der Waals surface area (Å²) in [5, 5.41) is 3.26. The van der Waals surface area contributed by atoms with Crippen molar-refractivity contribution < 1.29 is 23.7 Å². The Morgan fingerprint density at radius 1 is 1.00 bits per heavy atom. The summed E-state index contributed by atoms with van der Waals surface area (Å²) in [5.74, 6) is 6.52. The molecular formula is C26H40N2O5. The lowest BCUT2D eigenvalue weighted by Gasteiger charge is -2.23. The number of hydrogen-bond donors (Lipinski definition) is 1. The molecule has 0 saturated carbocycles. The van der Waals surface area contributed by atoms with E-state index in [-0.39, 0.29) is 11.9 Å². The molecule has 0 aliphatic carbocycles. The zero-order chi connectivity index (χ0) is 23.7. The average molecular weight is 461 g/mol. The highest BCUT2D eigenvalue weighted by atomic mass is 16.6. The number of benzene rings is 1. The molecule has 0 bridgehead atoms. The molecule has 1 heterocycles. The predicted molar refractivity (Wildman–Crippen MR) is 129 cm³/mol. The maximum absolute atomic E-state index is 12.7. The minimum absolute atomic E-state index is 0.128. The Kier molecular flexibility index (Phi) is 13.8. The number of ether oxygens (including phenoxy) is 4. The number of fused-ring (bicyclic) bond motifs is 1. The van der Waals surface area contributed by atoms with Gasteiger partial charge in [-0.3, -0.25) is 4.79 Å². The maximum Gasteiger partial charge on any atom is 0.254 e. The van der Waals surface area contributed by atoms with Crippen molar-refractivity contribution in [1.82, 2.24) is 10.2 Å². The monoisotopic (exact) mass is 460 g/mol. The summed E-state index contributed by atoms with van der Waals surface area (Å²) in [6, 6.07) is 6.09. The van der Waals surface area contributed by atoms with Gasteiger partial charge in [0.15, 0.2) is 0 Å². The Bertz CT molecular complexity index is 759. The smallest absolute Gasteiger partial charge is 0.254 e. The number of nitrogens with one attached hydrogen (secondary N) is 1. The number of amides is 1. The molecule has 7 nitrogen and oxygen atoms in total. The van der Waals surface area contributed by atoms with Crippen LogP contribution in [-0.2, 0) is 25.5 Å². The normalized spacial score (nSPS) is 13.7. The average Bonchev–Trinajstić information content (AvgIpc) is 3.16. The van der Waals surface area contributed by atoms with Gasteiger partial charge in [0.2, 0.25) is 0 Å². The molecule has 7 heteroatoms. The lowest BCUT2D eigenvalue weighted by Crippen LogP contribution is -2.33. The van der Waals surface area contributed by atoms with Crippen LogP contribution >= 0.6 is 0 Å². The quantitative estimate of drug-likeness (QED) is 0.285. The molecule has 1 N–H and O–H groups in total. The minimum Gasteiger partial charge on any atom is -0.379 e. The molecule has 33 heavy (non-hydrogen) atoms. The van der Waals surface area contributed by atoms with Gasteiger partial charge in [-0.25, -0.2) is 0 Å². The molecule has 1 aromatic carbocycles. The van der Waals surface area contributed by atoms with Crippen molar-refractivity contribution in [2.24, 2.45) is 0 Å². The lowest BCUT2D eigenvalue weighted by atomic mass is 10.0. The van der Waals surface area contributed by atoms with E-state index >= 15 is 0 Å². The Hall–Kier alpha value is -1.95. The molecule has 1 aromatic rings. The third-order valence-corrected chi connectivity index (χ3v) is 5.41. The first-order chi connectivity index (χ1) is 16.2. The van der Waals surface area contributed by atoms with Gasteiger partial charge in [0, 0.05) is 36.9 Å². The summed E-state index contributed by atoms with van der Waals surface area (Å²) >= 11 is 0. The highest BCUT2D eigenvalue weighted by molar-refractivity contribution is 5.99. The Morgan fingerprint density at radius 3 is 2.33 bits per heavy atom. The number of hydrogen-bond acceptors (Lipinski definition) is 6. The fourth-order valence-corrected chi connectivity index (χ4v) is 3.64. The van der Waals surface area contributed by atoms with Crippen molar-refractivity contribution in [2.75, 3.05) is 65.9 Å². The summed E-state index contributed by atoms with van der Waals surface area (Å²) in [7, 11) is 0. The number of rotatable bonds is 17. The van der Waals surface area contributed by atoms with Crippen molar-refractivity contribution in [3.63, 3.8) is 0 Å². The van der Waals surface area contributed by atoms with Crippen LogP contribution in [0.4, 0.5) is 0 Å². The summed E-state index contributed by atoms with van der Waals surface area (Å²) in [6.45, 7) is 13.0. The van der Waals surface area contributed by atoms with Gasteiger partial charge in [0.1, 0.15) is 0 Å². The molecule has 1 aliphatic heterocycles. The standard InChI is InChI=1S/C26H40N2O5/c1-4-8-22(3)28-21-25-23(9-6-11-24(25)26(28)29)10-7-12-27-13-14-31-17-18-33-20-19-32-16-15-30-5-2/h6,9,11,22,27H,4-5,8,12-21H2,1-3H3. The number of carbonyl (C=O) groups is 1. The van der Waals surface area contributed by atoms with Crippen LogP contribution in [0.15, 0.2) is 18.2 Å². The van der Waals surface area contributed by atoms with Crippen LogP contribution in [0.3, 0.4) is 0 Å². The van der Waals surface area contributed by atoms with E-state index in [9.17, 15) is 4.79 Å². The van der Waals surface area contributed by atoms with Crippen molar-refractivity contribution in [3.8, 4) is 11.8 Å². The molecule has 2 rings (SSSR count). The van der Waals surface area contributed by atoms with Gasteiger partial charge in [-0.15, -0.1) is 0 Å². The molecular weight excluding hydrogens is 420 g/mol. The van der Waals surface area contributed by atoms with E-state index in [0.717, 1.165) is 36.1 Å². The minimum atomic E-state index is 0.128. The van der Waals surface area contributed by atoms with Crippen LogP contribution in [0, 0.1) is 11.8 Å². The van der Waals surface area contributed by atoms with Crippen molar-refractivity contribution in [3.05, 3.63) is 34.9 Å². The number of carbonyl (C=O) groups excluding carboxylic acids is 1. The first-order valence-corrected chi connectivity index (χ1v) is 12.1. The lowest BCUT2D eigenvalue weighted by molar-refractivity contribution is -0.0000428. The Balaban J connectivity index is 1.56. The molecule has 0 saturated heterocycles. The largest absolute Gasteiger partial charge is 0.379 e. The first kappa shape index (κ1) is 27.3.